The molecule has 0 spiro atoms. The fourth-order valence-electron chi connectivity index (χ4n) is 0.333. The minimum atomic E-state index is -1.28. The molecule has 0 bridgehead atoms. The van der Waals surface area contributed by atoms with Crippen LogP contribution in [0.4, 0.5) is 4.79 Å². The summed E-state index contributed by atoms with van der Waals surface area (Å²) in [4.78, 5) is 10.1. The third-order valence-corrected chi connectivity index (χ3v) is 0.984. The average molecular weight is 148 g/mol. The Morgan fingerprint density at radius 3 is 2.60 bits per heavy atom. The van der Waals surface area contributed by atoms with Gasteiger partial charge >= 0.3 is 6.03 Å². The van der Waals surface area contributed by atoms with Crippen LogP contribution >= 0.6 is 0 Å². The highest BCUT2D eigenvalue weighted by atomic mass is 16.3. The van der Waals surface area contributed by atoms with E-state index < -0.39 is 18.2 Å². The molecule has 0 saturated heterocycles. The number of carbonyl (C=O) groups excluding carboxylic acids is 1. The first-order valence-corrected chi connectivity index (χ1v) is 2.84. The zero-order valence-electron chi connectivity index (χ0n) is 5.79. The Morgan fingerprint density at radius 2 is 2.30 bits per heavy atom. The molecule has 0 aliphatic rings. The number of urea groups is 1. The van der Waals surface area contributed by atoms with Gasteiger partial charge in [-0.25, -0.2) is 4.79 Å². The van der Waals surface area contributed by atoms with Crippen molar-refractivity contribution in [1.82, 2.24) is 5.32 Å². The second kappa shape index (κ2) is 3.38. The van der Waals surface area contributed by atoms with E-state index in [2.05, 4.69) is 5.32 Å². The van der Waals surface area contributed by atoms with Crippen molar-refractivity contribution in [3.8, 4) is 0 Å². The molecular weight excluding hydrogens is 136 g/mol. The molecule has 5 N–H and O–H groups in total. The van der Waals surface area contributed by atoms with Gasteiger partial charge in [0.15, 0.2) is 0 Å². The van der Waals surface area contributed by atoms with Crippen LogP contribution in [-0.2, 0) is 0 Å². The van der Waals surface area contributed by atoms with E-state index in [0.29, 0.717) is 0 Å². The van der Waals surface area contributed by atoms with Crippen LogP contribution in [0.2, 0.25) is 0 Å². The predicted molar refractivity (Wildman–Crippen MR) is 35.3 cm³/mol. The predicted octanol–water partition coefficient (Wildman–Crippen LogP) is -1.60. The fourth-order valence-corrected chi connectivity index (χ4v) is 0.333. The van der Waals surface area contributed by atoms with Crippen LogP contribution in [0.25, 0.3) is 0 Å². The van der Waals surface area contributed by atoms with E-state index in [4.69, 9.17) is 15.9 Å². The molecule has 0 aromatic rings. The molecule has 1 atom stereocenters. The summed E-state index contributed by atoms with van der Waals surface area (Å²) in [5.41, 5.74) is 3.43. The first kappa shape index (κ1) is 9.19. The second-order valence-corrected chi connectivity index (χ2v) is 2.37. The van der Waals surface area contributed by atoms with Gasteiger partial charge in [-0.3, -0.25) is 0 Å². The maximum absolute atomic E-state index is 10.1. The van der Waals surface area contributed by atoms with Gasteiger partial charge in [0.2, 0.25) is 0 Å². The maximum Gasteiger partial charge on any atom is 0.312 e. The van der Waals surface area contributed by atoms with Crippen molar-refractivity contribution in [2.45, 2.75) is 12.5 Å². The van der Waals surface area contributed by atoms with Crippen molar-refractivity contribution in [1.29, 1.82) is 0 Å². The summed E-state index contributed by atoms with van der Waals surface area (Å²) in [5, 5.41) is 19.7. The van der Waals surface area contributed by atoms with Gasteiger partial charge in [-0.2, -0.15) is 0 Å². The van der Waals surface area contributed by atoms with Crippen LogP contribution < -0.4 is 11.1 Å². The Labute approximate surface area is 58.8 Å². The highest BCUT2D eigenvalue weighted by Crippen LogP contribution is 1.97. The smallest absolute Gasteiger partial charge is 0.312 e. The lowest BCUT2D eigenvalue weighted by Crippen LogP contribution is -2.44. The number of nitrogens with two attached hydrogens (primary N) is 1. The van der Waals surface area contributed by atoms with Gasteiger partial charge in [-0.05, 0) is 6.92 Å². The molecule has 5 heteroatoms. The minimum absolute atomic E-state index is 0.0428. The largest absolute Gasteiger partial charge is 0.393 e. The molecule has 0 aromatic heterocycles. The SMILES string of the molecule is CC(O)(CO)CNC(N)=O. The molecule has 0 aliphatic carbocycles. The first-order chi connectivity index (χ1) is 4.48. The third kappa shape index (κ3) is 4.11. The zero-order chi connectivity index (χ0) is 8.20. The van der Waals surface area contributed by atoms with Gasteiger partial charge in [0.05, 0.1) is 13.2 Å². The van der Waals surface area contributed by atoms with Crippen LogP contribution in [0.15, 0.2) is 0 Å². The molecule has 0 saturated carbocycles. The Hall–Kier alpha value is -0.810. The van der Waals surface area contributed by atoms with Crippen molar-refractivity contribution in [2.24, 2.45) is 5.73 Å². The highest BCUT2D eigenvalue weighted by molar-refractivity contribution is 5.71. The number of carbonyl (C=O) groups is 1. The fraction of sp³-hybridized carbons (Fsp3) is 0.800. The molecule has 0 aliphatic heterocycles. The summed E-state index contributed by atoms with van der Waals surface area (Å²) in [6.07, 6.45) is 0. The quantitative estimate of drug-likeness (QED) is 0.388. The summed E-state index contributed by atoms with van der Waals surface area (Å²) in [5.74, 6) is 0. The average Bonchev–Trinajstić information content (AvgIpc) is 1.85. The number of hydrogen-bond donors (Lipinski definition) is 4. The number of hydrogen-bond acceptors (Lipinski definition) is 3. The van der Waals surface area contributed by atoms with Gasteiger partial charge in [-0.1, -0.05) is 0 Å². The van der Waals surface area contributed by atoms with Crippen LogP contribution in [-0.4, -0.2) is 35.0 Å². The van der Waals surface area contributed by atoms with E-state index in [0.717, 1.165) is 0 Å². The van der Waals surface area contributed by atoms with E-state index in [9.17, 15) is 4.79 Å². The van der Waals surface area contributed by atoms with E-state index in [-0.39, 0.29) is 6.54 Å². The van der Waals surface area contributed by atoms with E-state index in [1.807, 2.05) is 0 Å². The van der Waals surface area contributed by atoms with Crippen molar-refractivity contribution in [3.05, 3.63) is 0 Å². The highest BCUT2D eigenvalue weighted by Gasteiger charge is 2.18. The molecule has 1 unspecified atom stereocenters. The van der Waals surface area contributed by atoms with Gasteiger partial charge in [0, 0.05) is 0 Å². The molecule has 5 nitrogen and oxygen atoms in total. The summed E-state index contributed by atoms with van der Waals surface area (Å²) >= 11 is 0. The topological polar surface area (TPSA) is 95.6 Å². The van der Waals surface area contributed by atoms with Crippen molar-refractivity contribution < 1.29 is 15.0 Å². The van der Waals surface area contributed by atoms with Gasteiger partial charge < -0.3 is 21.3 Å². The lowest BCUT2D eigenvalue weighted by Gasteiger charge is -2.19. The van der Waals surface area contributed by atoms with Crippen molar-refractivity contribution >= 4 is 6.03 Å². The summed E-state index contributed by atoms with van der Waals surface area (Å²) in [6, 6.07) is -0.714. The molecule has 60 valence electrons. The Morgan fingerprint density at radius 1 is 1.80 bits per heavy atom. The zero-order valence-corrected chi connectivity index (χ0v) is 5.79. The number of aliphatic hydroxyl groups is 2. The van der Waals surface area contributed by atoms with Crippen LogP contribution in [0.5, 0.6) is 0 Å². The lowest BCUT2D eigenvalue weighted by atomic mass is 10.1. The lowest BCUT2D eigenvalue weighted by molar-refractivity contribution is 0.00503. The molecule has 10 heavy (non-hydrogen) atoms. The molecular formula is C5H12N2O3. The monoisotopic (exact) mass is 148 g/mol. The first-order valence-electron chi connectivity index (χ1n) is 2.84. The second-order valence-electron chi connectivity index (χ2n) is 2.37. The van der Waals surface area contributed by atoms with Gasteiger partial charge in [-0.15, -0.1) is 0 Å². The molecule has 0 radical (unpaired) electrons. The van der Waals surface area contributed by atoms with Crippen molar-refractivity contribution in [2.75, 3.05) is 13.2 Å². The standard InChI is InChI=1S/C5H12N2O3/c1-5(10,3-8)2-7-4(6)9/h8,10H,2-3H2,1H3,(H3,6,7,9). The molecule has 0 heterocycles. The van der Waals surface area contributed by atoms with E-state index in [1.54, 1.807) is 0 Å². The summed E-state index contributed by atoms with van der Waals surface area (Å²) in [6.45, 7) is 0.940. The van der Waals surface area contributed by atoms with E-state index in [1.165, 1.54) is 6.92 Å². The molecule has 0 rings (SSSR count). The third-order valence-electron chi connectivity index (χ3n) is 0.984. The summed E-state index contributed by atoms with van der Waals surface area (Å²) in [7, 11) is 0. The van der Waals surface area contributed by atoms with Crippen LogP contribution in [0, 0.1) is 0 Å². The molecule has 2 amide bonds. The minimum Gasteiger partial charge on any atom is -0.393 e. The Bertz CT molecular complexity index is 124. The number of amides is 2. The number of nitrogens with one attached hydrogen (secondary N) is 1. The number of rotatable bonds is 3. The molecule has 0 aromatic carbocycles. The number of primary amides is 1. The van der Waals surface area contributed by atoms with Crippen LogP contribution in [0.1, 0.15) is 6.92 Å². The summed E-state index contributed by atoms with van der Waals surface area (Å²) < 4.78 is 0. The van der Waals surface area contributed by atoms with E-state index >= 15 is 0 Å². The van der Waals surface area contributed by atoms with Gasteiger partial charge in [0.25, 0.3) is 0 Å². The maximum atomic E-state index is 10.1. The van der Waals surface area contributed by atoms with Crippen molar-refractivity contribution in [3.63, 3.8) is 0 Å². The van der Waals surface area contributed by atoms with Gasteiger partial charge in [0.1, 0.15) is 5.60 Å². The Kier molecular flexibility index (Phi) is 3.11. The normalized spacial score (nSPS) is 15.9. The molecule has 0 fully saturated rings. The Balaban J connectivity index is 3.56. The van der Waals surface area contributed by atoms with Crippen LogP contribution in [0.3, 0.4) is 0 Å². The number of aliphatic hydroxyl groups excluding tert-OH is 1.